The highest BCUT2D eigenvalue weighted by atomic mass is 79.9. The van der Waals surface area contributed by atoms with Gasteiger partial charge in [0.2, 0.25) is 5.91 Å². The van der Waals surface area contributed by atoms with Gasteiger partial charge in [0, 0.05) is 10.2 Å². The number of hydrogen-bond donors (Lipinski definition) is 2. The second-order valence-corrected chi connectivity index (χ2v) is 7.83. The Labute approximate surface area is 194 Å². The number of nitrogens with zero attached hydrogens (tertiary/aromatic N) is 1. The van der Waals surface area contributed by atoms with E-state index in [1.807, 2.05) is 32.9 Å². The van der Waals surface area contributed by atoms with Gasteiger partial charge in [0.15, 0.2) is 11.5 Å². The molecule has 3 rings (SSSR count). The Bertz CT molecular complexity index is 1070. The summed E-state index contributed by atoms with van der Waals surface area (Å²) in [7, 11) is 0. The Hall–Kier alpha value is -3.33. The van der Waals surface area contributed by atoms with Gasteiger partial charge in [0.1, 0.15) is 12.2 Å². The molecule has 168 valence electrons. The van der Waals surface area contributed by atoms with Gasteiger partial charge in [0.05, 0.1) is 13.2 Å². The molecule has 2 aromatic rings. The first-order valence-electron chi connectivity index (χ1n) is 10.1. The fourth-order valence-electron chi connectivity index (χ4n) is 3.05. The molecule has 1 heterocycles. The molecule has 0 saturated carbocycles. The summed E-state index contributed by atoms with van der Waals surface area (Å²) in [5, 5.41) is 5.20. The molecule has 0 radical (unpaired) electrons. The average Bonchev–Trinajstić information content (AvgIpc) is 3.00. The summed E-state index contributed by atoms with van der Waals surface area (Å²) in [5.41, 5.74) is 2.32. The van der Waals surface area contributed by atoms with Gasteiger partial charge in [-0.2, -0.15) is 0 Å². The first-order chi connectivity index (χ1) is 15.3. The second-order valence-electron chi connectivity index (χ2n) is 6.98. The standard InChI is InChI=1S/C23H24BrN3O5/c1-4-31-19-11-15(17(24)12-20(19)32-5-2)10-18-22(29)27(23(30)26-18)13-21(28)25-16-8-6-14(3)7-9-16/h6-12H,4-5,13H2,1-3H3,(H,25,28)(H,26,30)/b18-10+. The maximum Gasteiger partial charge on any atom is 0.329 e. The summed E-state index contributed by atoms with van der Waals surface area (Å²) >= 11 is 3.46. The van der Waals surface area contributed by atoms with E-state index >= 15 is 0 Å². The van der Waals surface area contributed by atoms with Crippen molar-refractivity contribution in [2.75, 3.05) is 25.1 Å². The highest BCUT2D eigenvalue weighted by Crippen LogP contribution is 2.35. The smallest absolute Gasteiger partial charge is 0.329 e. The molecule has 2 aromatic carbocycles. The third kappa shape index (κ3) is 5.47. The van der Waals surface area contributed by atoms with Crippen molar-refractivity contribution in [3.8, 4) is 11.5 Å². The van der Waals surface area contributed by atoms with Gasteiger partial charge in [-0.25, -0.2) is 9.69 Å². The monoisotopic (exact) mass is 501 g/mol. The van der Waals surface area contributed by atoms with Crippen molar-refractivity contribution >= 4 is 45.5 Å². The lowest BCUT2D eigenvalue weighted by atomic mass is 10.1. The molecule has 1 saturated heterocycles. The van der Waals surface area contributed by atoms with E-state index in [-0.39, 0.29) is 5.70 Å². The van der Waals surface area contributed by atoms with E-state index in [9.17, 15) is 14.4 Å². The molecule has 0 bridgehead atoms. The van der Waals surface area contributed by atoms with Crippen LogP contribution in [0.5, 0.6) is 11.5 Å². The zero-order valence-corrected chi connectivity index (χ0v) is 19.6. The van der Waals surface area contributed by atoms with Crippen LogP contribution in [-0.2, 0) is 9.59 Å². The van der Waals surface area contributed by atoms with Gasteiger partial charge < -0.3 is 20.1 Å². The number of halogens is 1. The molecule has 8 nitrogen and oxygen atoms in total. The van der Waals surface area contributed by atoms with Crippen molar-refractivity contribution in [3.05, 3.63) is 57.7 Å². The Morgan fingerprint density at radius 3 is 2.34 bits per heavy atom. The highest BCUT2D eigenvalue weighted by Gasteiger charge is 2.35. The van der Waals surface area contributed by atoms with Gasteiger partial charge in [-0.15, -0.1) is 0 Å². The number of benzene rings is 2. The lowest BCUT2D eigenvalue weighted by Gasteiger charge is -2.13. The minimum Gasteiger partial charge on any atom is -0.490 e. The first kappa shape index (κ1) is 23.3. The van der Waals surface area contributed by atoms with Crippen LogP contribution >= 0.6 is 15.9 Å². The number of amides is 4. The highest BCUT2D eigenvalue weighted by molar-refractivity contribution is 9.10. The normalized spacial score (nSPS) is 14.5. The largest absolute Gasteiger partial charge is 0.490 e. The molecular weight excluding hydrogens is 478 g/mol. The number of imide groups is 1. The van der Waals surface area contributed by atoms with E-state index in [1.165, 1.54) is 6.08 Å². The van der Waals surface area contributed by atoms with E-state index in [1.54, 1.807) is 24.3 Å². The molecule has 1 fully saturated rings. The van der Waals surface area contributed by atoms with Crippen LogP contribution in [0.3, 0.4) is 0 Å². The summed E-state index contributed by atoms with van der Waals surface area (Å²) in [4.78, 5) is 38.3. The minimum absolute atomic E-state index is 0.0606. The van der Waals surface area contributed by atoms with E-state index in [2.05, 4.69) is 26.6 Å². The number of carbonyl (C=O) groups is 3. The van der Waals surface area contributed by atoms with Crippen LogP contribution in [0.1, 0.15) is 25.0 Å². The maximum absolute atomic E-state index is 12.8. The van der Waals surface area contributed by atoms with Crippen LogP contribution < -0.4 is 20.1 Å². The van der Waals surface area contributed by atoms with Gasteiger partial charge in [-0.05, 0) is 56.7 Å². The molecule has 1 aliphatic rings. The average molecular weight is 502 g/mol. The maximum atomic E-state index is 12.8. The number of hydrogen-bond acceptors (Lipinski definition) is 5. The predicted molar refractivity (Wildman–Crippen MR) is 125 cm³/mol. The van der Waals surface area contributed by atoms with Crippen LogP contribution in [0.4, 0.5) is 10.5 Å². The lowest BCUT2D eigenvalue weighted by Crippen LogP contribution is -2.38. The molecule has 2 N–H and O–H groups in total. The molecule has 0 aromatic heterocycles. The molecule has 1 aliphatic heterocycles. The lowest BCUT2D eigenvalue weighted by molar-refractivity contribution is -0.127. The number of rotatable bonds is 8. The number of aryl methyl sites for hydroxylation is 1. The summed E-state index contributed by atoms with van der Waals surface area (Å²) < 4.78 is 11.9. The van der Waals surface area contributed by atoms with Gasteiger partial charge in [-0.1, -0.05) is 33.6 Å². The van der Waals surface area contributed by atoms with Crippen molar-refractivity contribution in [3.63, 3.8) is 0 Å². The van der Waals surface area contributed by atoms with Crippen molar-refractivity contribution in [2.24, 2.45) is 0 Å². The van der Waals surface area contributed by atoms with Crippen molar-refractivity contribution in [1.82, 2.24) is 10.2 Å². The zero-order chi connectivity index (χ0) is 23.3. The van der Waals surface area contributed by atoms with E-state index in [0.29, 0.717) is 40.4 Å². The molecule has 0 spiro atoms. The number of ether oxygens (including phenoxy) is 2. The fourth-order valence-corrected chi connectivity index (χ4v) is 3.49. The molecule has 0 atom stereocenters. The summed E-state index contributed by atoms with van der Waals surface area (Å²) in [6, 6.07) is 10.0. The molecule has 0 aliphatic carbocycles. The van der Waals surface area contributed by atoms with Crippen LogP contribution in [0, 0.1) is 6.92 Å². The van der Waals surface area contributed by atoms with E-state index in [0.717, 1.165) is 10.5 Å². The molecule has 0 unspecified atom stereocenters. The molecule has 32 heavy (non-hydrogen) atoms. The Kier molecular flexibility index (Phi) is 7.53. The number of nitrogens with one attached hydrogen (secondary N) is 2. The fraction of sp³-hybridized carbons (Fsp3) is 0.261. The molecule has 4 amide bonds. The first-order valence-corrected chi connectivity index (χ1v) is 10.9. The second kappa shape index (κ2) is 10.3. The van der Waals surface area contributed by atoms with E-state index in [4.69, 9.17) is 9.47 Å². The number of anilines is 1. The Balaban J connectivity index is 1.76. The summed E-state index contributed by atoms with van der Waals surface area (Å²) in [6.07, 6.45) is 1.53. The molecule has 9 heteroatoms. The third-order valence-corrected chi connectivity index (χ3v) is 5.25. The minimum atomic E-state index is -0.660. The third-order valence-electron chi connectivity index (χ3n) is 4.56. The van der Waals surface area contributed by atoms with Crippen LogP contribution in [0.2, 0.25) is 0 Å². The van der Waals surface area contributed by atoms with Gasteiger partial charge >= 0.3 is 6.03 Å². The van der Waals surface area contributed by atoms with Crippen LogP contribution in [-0.4, -0.2) is 42.5 Å². The summed E-state index contributed by atoms with van der Waals surface area (Å²) in [5.74, 6) is 0.0300. The van der Waals surface area contributed by atoms with Gasteiger partial charge in [0.25, 0.3) is 5.91 Å². The topological polar surface area (TPSA) is 97.0 Å². The summed E-state index contributed by atoms with van der Waals surface area (Å²) in [6.45, 7) is 6.18. The predicted octanol–water partition coefficient (Wildman–Crippen LogP) is 4.09. The SMILES string of the molecule is CCOc1cc(Br)c(/C=C2/NC(=O)N(CC(=O)Nc3ccc(C)cc3)C2=O)cc1OCC. The van der Waals surface area contributed by atoms with Gasteiger partial charge in [-0.3, -0.25) is 9.59 Å². The Morgan fingerprint density at radius 2 is 1.72 bits per heavy atom. The number of urea groups is 1. The van der Waals surface area contributed by atoms with Crippen molar-refractivity contribution in [2.45, 2.75) is 20.8 Å². The Morgan fingerprint density at radius 1 is 1.09 bits per heavy atom. The van der Waals surface area contributed by atoms with Crippen LogP contribution in [0.25, 0.3) is 6.08 Å². The van der Waals surface area contributed by atoms with Crippen molar-refractivity contribution < 1.29 is 23.9 Å². The number of carbonyl (C=O) groups excluding carboxylic acids is 3. The quantitative estimate of drug-likeness (QED) is 0.419. The van der Waals surface area contributed by atoms with Crippen molar-refractivity contribution in [1.29, 1.82) is 0 Å². The van der Waals surface area contributed by atoms with Crippen LogP contribution in [0.15, 0.2) is 46.6 Å². The zero-order valence-electron chi connectivity index (χ0n) is 18.0. The molecular formula is C23H24BrN3O5. The van der Waals surface area contributed by atoms with E-state index < -0.39 is 24.4 Å².